The molecular formula is C12H14N2O4. The molecule has 0 N–H and O–H groups in total. The van der Waals surface area contributed by atoms with Crippen molar-refractivity contribution in [2.24, 2.45) is 5.92 Å². The molecule has 0 saturated carbocycles. The monoisotopic (exact) mass is 250 g/mol. The molecule has 2 rings (SSSR count). The third-order valence-electron chi connectivity index (χ3n) is 3.15. The largest absolute Gasteiger partial charge is 0.469 e. The van der Waals surface area contributed by atoms with Gasteiger partial charge < -0.3 is 9.64 Å². The Balaban J connectivity index is 2.05. The average Bonchev–Trinajstić information content (AvgIpc) is 2.87. The SMILES string of the molecule is COC(=O)[C@@H]1CCN(c2ccc([N+](=O)[O-])cc2)C1. The van der Waals surface area contributed by atoms with E-state index in [0.717, 1.165) is 18.7 Å². The van der Waals surface area contributed by atoms with Gasteiger partial charge in [0, 0.05) is 30.9 Å². The van der Waals surface area contributed by atoms with Crippen molar-refractivity contribution in [2.45, 2.75) is 6.42 Å². The fourth-order valence-corrected chi connectivity index (χ4v) is 2.14. The Morgan fingerprint density at radius 3 is 2.67 bits per heavy atom. The lowest BCUT2D eigenvalue weighted by atomic mass is 10.1. The number of rotatable bonds is 3. The molecule has 6 heteroatoms. The summed E-state index contributed by atoms with van der Waals surface area (Å²) in [5.74, 6) is -0.301. The zero-order valence-electron chi connectivity index (χ0n) is 10.0. The standard InChI is InChI=1S/C12H14N2O4/c1-18-12(15)9-6-7-13(8-9)10-2-4-11(5-3-10)14(16)17/h2-5,9H,6-8H2,1H3/t9-/m1/s1. The zero-order valence-corrected chi connectivity index (χ0v) is 10.0. The second-order valence-electron chi connectivity index (χ2n) is 4.23. The van der Waals surface area contributed by atoms with Gasteiger partial charge in [-0.25, -0.2) is 0 Å². The first-order chi connectivity index (χ1) is 8.61. The van der Waals surface area contributed by atoms with Crippen LogP contribution in [0.4, 0.5) is 11.4 Å². The molecule has 1 aliphatic heterocycles. The van der Waals surface area contributed by atoms with Gasteiger partial charge in [0.25, 0.3) is 5.69 Å². The lowest BCUT2D eigenvalue weighted by Gasteiger charge is -2.17. The number of carbonyl (C=O) groups excluding carboxylic acids is 1. The van der Waals surface area contributed by atoms with Gasteiger partial charge in [-0.1, -0.05) is 0 Å². The van der Waals surface area contributed by atoms with E-state index in [0.29, 0.717) is 6.54 Å². The van der Waals surface area contributed by atoms with Crippen LogP contribution < -0.4 is 4.90 Å². The zero-order chi connectivity index (χ0) is 13.1. The molecule has 0 radical (unpaired) electrons. The molecule has 0 aromatic heterocycles. The highest BCUT2D eigenvalue weighted by Gasteiger charge is 2.29. The number of ether oxygens (including phenoxy) is 1. The Labute approximate surface area is 104 Å². The van der Waals surface area contributed by atoms with Crippen LogP contribution in [0.25, 0.3) is 0 Å². The topological polar surface area (TPSA) is 72.7 Å². The predicted octanol–water partition coefficient (Wildman–Crippen LogP) is 1.59. The second kappa shape index (κ2) is 5.03. The lowest BCUT2D eigenvalue weighted by molar-refractivity contribution is -0.384. The molecule has 1 aliphatic rings. The van der Waals surface area contributed by atoms with Crippen LogP contribution in [0.1, 0.15) is 6.42 Å². The van der Waals surface area contributed by atoms with E-state index in [1.165, 1.54) is 19.2 Å². The summed E-state index contributed by atoms with van der Waals surface area (Å²) in [5, 5.41) is 10.5. The number of nitrogens with zero attached hydrogens (tertiary/aromatic N) is 2. The first-order valence-electron chi connectivity index (χ1n) is 5.69. The van der Waals surface area contributed by atoms with Crippen LogP contribution in [-0.2, 0) is 9.53 Å². The quantitative estimate of drug-likeness (QED) is 0.463. The summed E-state index contributed by atoms with van der Waals surface area (Å²) in [6.07, 6.45) is 0.754. The van der Waals surface area contributed by atoms with Crippen molar-refractivity contribution in [1.29, 1.82) is 0 Å². The van der Waals surface area contributed by atoms with Gasteiger partial charge in [0.2, 0.25) is 0 Å². The van der Waals surface area contributed by atoms with Crippen molar-refractivity contribution < 1.29 is 14.5 Å². The smallest absolute Gasteiger partial charge is 0.310 e. The number of benzene rings is 1. The van der Waals surface area contributed by atoms with Crippen LogP contribution in [0.15, 0.2) is 24.3 Å². The number of nitro benzene ring substituents is 1. The summed E-state index contributed by atoms with van der Waals surface area (Å²) in [6, 6.07) is 6.36. The van der Waals surface area contributed by atoms with Crippen LogP contribution in [0.3, 0.4) is 0 Å². The van der Waals surface area contributed by atoms with Crippen molar-refractivity contribution >= 4 is 17.3 Å². The maximum atomic E-state index is 11.4. The summed E-state index contributed by atoms with van der Waals surface area (Å²) in [4.78, 5) is 23.5. The van der Waals surface area contributed by atoms with Gasteiger partial charge >= 0.3 is 5.97 Å². The number of hydrogen-bond donors (Lipinski definition) is 0. The van der Waals surface area contributed by atoms with Gasteiger partial charge in [-0.15, -0.1) is 0 Å². The molecule has 6 nitrogen and oxygen atoms in total. The molecule has 0 aliphatic carbocycles. The van der Waals surface area contributed by atoms with Crippen molar-refractivity contribution in [3.8, 4) is 0 Å². The van der Waals surface area contributed by atoms with Crippen LogP contribution in [0.5, 0.6) is 0 Å². The number of methoxy groups -OCH3 is 1. The summed E-state index contributed by atoms with van der Waals surface area (Å²) in [7, 11) is 1.39. The molecule has 1 heterocycles. The van der Waals surface area contributed by atoms with E-state index in [4.69, 9.17) is 4.74 Å². The molecule has 0 amide bonds. The summed E-state index contributed by atoms with van der Waals surface area (Å²) in [6.45, 7) is 1.36. The van der Waals surface area contributed by atoms with Gasteiger partial charge in [-0.05, 0) is 18.6 Å². The highest BCUT2D eigenvalue weighted by atomic mass is 16.6. The van der Waals surface area contributed by atoms with Gasteiger partial charge in [0.1, 0.15) is 0 Å². The molecule has 96 valence electrons. The maximum absolute atomic E-state index is 11.4. The minimum atomic E-state index is -0.426. The van der Waals surface area contributed by atoms with E-state index in [1.54, 1.807) is 12.1 Å². The van der Waals surface area contributed by atoms with Gasteiger partial charge in [0.15, 0.2) is 0 Å². The summed E-state index contributed by atoms with van der Waals surface area (Å²) >= 11 is 0. The third kappa shape index (κ3) is 2.42. The van der Waals surface area contributed by atoms with Crippen molar-refractivity contribution in [3.05, 3.63) is 34.4 Å². The van der Waals surface area contributed by atoms with Crippen molar-refractivity contribution in [2.75, 3.05) is 25.1 Å². The van der Waals surface area contributed by atoms with E-state index < -0.39 is 4.92 Å². The fraction of sp³-hybridized carbons (Fsp3) is 0.417. The predicted molar refractivity (Wildman–Crippen MR) is 65.4 cm³/mol. The molecule has 18 heavy (non-hydrogen) atoms. The fourth-order valence-electron chi connectivity index (χ4n) is 2.14. The van der Waals surface area contributed by atoms with E-state index in [1.807, 2.05) is 4.90 Å². The number of non-ortho nitro benzene ring substituents is 1. The Bertz CT molecular complexity index is 458. The van der Waals surface area contributed by atoms with Crippen LogP contribution in [0.2, 0.25) is 0 Å². The first kappa shape index (κ1) is 12.3. The molecule has 0 spiro atoms. The maximum Gasteiger partial charge on any atom is 0.310 e. The second-order valence-corrected chi connectivity index (χ2v) is 4.23. The number of carbonyl (C=O) groups is 1. The molecule has 1 fully saturated rings. The van der Waals surface area contributed by atoms with Gasteiger partial charge in [0.05, 0.1) is 18.0 Å². The molecule has 0 unspecified atom stereocenters. The van der Waals surface area contributed by atoms with Crippen LogP contribution in [-0.4, -0.2) is 31.1 Å². The van der Waals surface area contributed by atoms with E-state index in [2.05, 4.69) is 0 Å². The molecule has 1 saturated heterocycles. The number of nitro groups is 1. The number of hydrogen-bond acceptors (Lipinski definition) is 5. The summed E-state index contributed by atoms with van der Waals surface area (Å²) < 4.78 is 4.71. The molecule has 1 atom stereocenters. The normalized spacial score (nSPS) is 18.7. The van der Waals surface area contributed by atoms with E-state index in [9.17, 15) is 14.9 Å². The Morgan fingerprint density at radius 2 is 2.11 bits per heavy atom. The number of anilines is 1. The van der Waals surface area contributed by atoms with Crippen LogP contribution in [0, 0.1) is 16.0 Å². The minimum Gasteiger partial charge on any atom is -0.469 e. The average molecular weight is 250 g/mol. The highest BCUT2D eigenvalue weighted by Crippen LogP contribution is 2.26. The van der Waals surface area contributed by atoms with Gasteiger partial charge in [-0.2, -0.15) is 0 Å². The number of esters is 1. The highest BCUT2D eigenvalue weighted by molar-refractivity contribution is 5.74. The van der Waals surface area contributed by atoms with Crippen molar-refractivity contribution in [3.63, 3.8) is 0 Å². The molecule has 1 aromatic carbocycles. The molecule has 1 aromatic rings. The lowest BCUT2D eigenvalue weighted by Crippen LogP contribution is -2.23. The molecular weight excluding hydrogens is 236 g/mol. The van der Waals surface area contributed by atoms with Gasteiger partial charge in [-0.3, -0.25) is 14.9 Å². The van der Waals surface area contributed by atoms with Crippen molar-refractivity contribution in [1.82, 2.24) is 0 Å². The van der Waals surface area contributed by atoms with Crippen LogP contribution >= 0.6 is 0 Å². The van der Waals surface area contributed by atoms with E-state index >= 15 is 0 Å². The Kier molecular flexibility index (Phi) is 3.45. The summed E-state index contributed by atoms with van der Waals surface area (Å²) in [5.41, 5.74) is 0.967. The Hall–Kier alpha value is -2.11. The first-order valence-corrected chi connectivity index (χ1v) is 5.69. The third-order valence-corrected chi connectivity index (χ3v) is 3.15. The Morgan fingerprint density at radius 1 is 1.44 bits per heavy atom. The molecule has 0 bridgehead atoms. The van der Waals surface area contributed by atoms with E-state index in [-0.39, 0.29) is 17.6 Å². The minimum absolute atomic E-state index is 0.0717.